The van der Waals surface area contributed by atoms with Crippen LogP contribution in [0.5, 0.6) is 0 Å². The maximum Gasteiger partial charge on any atom is 0.416 e. The molecule has 0 atom stereocenters. The Morgan fingerprint density at radius 1 is 0.303 bits per heavy atom. The molecule has 0 bridgehead atoms. The van der Waals surface area contributed by atoms with Crippen LogP contribution < -0.4 is 4.90 Å². The summed E-state index contributed by atoms with van der Waals surface area (Å²) in [6.45, 7) is 0. The van der Waals surface area contributed by atoms with Gasteiger partial charge in [0, 0.05) is 33.0 Å². The molecule has 10 aromatic rings. The third-order valence-corrected chi connectivity index (χ3v) is 13.4. The van der Waals surface area contributed by atoms with Crippen LogP contribution in [0.3, 0.4) is 0 Å². The minimum Gasteiger partial charge on any atom is -0.307 e. The summed E-state index contributed by atoms with van der Waals surface area (Å²) in [5.41, 5.74) is -6.17. The molecular weight excluding hydrogens is 1010 g/mol. The Labute approximate surface area is 423 Å². The Morgan fingerprint density at radius 3 is 1.07 bits per heavy atom. The molecular formula is C60H32F12N2O2. The molecule has 0 radical (unpaired) electrons. The Morgan fingerprint density at radius 2 is 0.671 bits per heavy atom. The van der Waals surface area contributed by atoms with E-state index in [2.05, 4.69) is 0 Å². The predicted molar refractivity (Wildman–Crippen MR) is 266 cm³/mol. The molecule has 0 saturated heterocycles. The molecule has 0 unspecified atom stereocenters. The molecule has 1 aromatic heterocycles. The zero-order chi connectivity index (χ0) is 53.6. The molecule has 2 amide bonds. The van der Waals surface area contributed by atoms with Gasteiger partial charge in [-0.1, -0.05) is 133 Å². The van der Waals surface area contributed by atoms with Gasteiger partial charge in [-0.05, 0) is 94.0 Å². The summed E-state index contributed by atoms with van der Waals surface area (Å²) < 4.78 is 176. The van der Waals surface area contributed by atoms with Crippen LogP contribution in [-0.2, 0) is 24.7 Å². The van der Waals surface area contributed by atoms with Gasteiger partial charge in [0.25, 0.3) is 11.8 Å². The van der Waals surface area contributed by atoms with E-state index in [4.69, 9.17) is 0 Å². The quantitative estimate of drug-likeness (QED) is 0.118. The molecule has 0 N–H and O–H groups in total. The smallest absolute Gasteiger partial charge is 0.307 e. The van der Waals surface area contributed by atoms with E-state index in [1.165, 1.54) is 59.2 Å². The Balaban J connectivity index is 1.25. The van der Waals surface area contributed by atoms with E-state index in [-0.39, 0.29) is 67.6 Å². The van der Waals surface area contributed by atoms with E-state index in [0.29, 0.717) is 52.1 Å². The van der Waals surface area contributed by atoms with Gasteiger partial charge in [0.15, 0.2) is 0 Å². The molecule has 0 aliphatic carbocycles. The van der Waals surface area contributed by atoms with Crippen LogP contribution in [0.1, 0.15) is 43.0 Å². The van der Waals surface area contributed by atoms with Gasteiger partial charge in [-0.15, -0.1) is 0 Å². The van der Waals surface area contributed by atoms with Crippen molar-refractivity contribution in [3.8, 4) is 61.3 Å². The average molecular weight is 1040 g/mol. The van der Waals surface area contributed by atoms with Crippen LogP contribution in [0.25, 0.3) is 83.1 Å². The molecule has 0 fully saturated rings. The highest BCUT2D eigenvalue weighted by Crippen LogP contribution is 2.50. The highest BCUT2D eigenvalue weighted by molar-refractivity contribution is 6.37. The van der Waals surface area contributed by atoms with Crippen LogP contribution in [0, 0.1) is 0 Å². The lowest BCUT2D eigenvalue weighted by molar-refractivity contribution is -0.144. The zero-order valence-electron chi connectivity index (χ0n) is 38.7. The molecule has 1 aliphatic rings. The number of imide groups is 1. The van der Waals surface area contributed by atoms with Crippen LogP contribution in [0.2, 0.25) is 0 Å². The molecule has 2 heterocycles. The van der Waals surface area contributed by atoms with Crippen molar-refractivity contribution in [1.82, 2.24) is 4.57 Å². The number of carbonyl (C=O) groups excluding carboxylic acids is 2. The van der Waals surface area contributed by atoms with Gasteiger partial charge < -0.3 is 4.57 Å². The topological polar surface area (TPSA) is 42.3 Å². The van der Waals surface area contributed by atoms with Crippen molar-refractivity contribution >= 4 is 39.3 Å². The normalized spacial score (nSPS) is 13.3. The SMILES string of the molecule is O=C1c2cccc(-n3c4c(-c5cc(C(F)(F)F)cc(C(F)(F)F)c5)cccc4c4cccc(-c5cc(C(F)(F)F)cc(C(F)(F)F)c5)c43)c2C(=O)N1c1c(-c2ccccc2)cc(-c2ccccc2)cc1-c1ccccc1. The molecule has 76 heavy (non-hydrogen) atoms. The van der Waals surface area contributed by atoms with E-state index in [1.54, 1.807) is 60.7 Å². The molecule has 378 valence electrons. The highest BCUT2D eigenvalue weighted by atomic mass is 19.4. The predicted octanol–water partition coefficient (Wildman–Crippen LogP) is 18.0. The van der Waals surface area contributed by atoms with Gasteiger partial charge in [0.1, 0.15) is 0 Å². The average Bonchev–Trinajstić information content (AvgIpc) is 3.88. The summed E-state index contributed by atoms with van der Waals surface area (Å²) in [5.74, 6) is -1.82. The van der Waals surface area contributed by atoms with E-state index >= 15 is 9.59 Å². The van der Waals surface area contributed by atoms with E-state index in [0.717, 1.165) is 10.5 Å². The minimum atomic E-state index is -5.31. The first kappa shape index (κ1) is 49.3. The number of carbonyl (C=O) groups is 2. The zero-order valence-corrected chi connectivity index (χ0v) is 38.7. The van der Waals surface area contributed by atoms with Gasteiger partial charge in [-0.3, -0.25) is 9.59 Å². The number of nitrogens with zero attached hydrogens (tertiary/aromatic N) is 2. The number of rotatable bonds is 7. The first-order valence-corrected chi connectivity index (χ1v) is 23.1. The Hall–Kier alpha value is -8.92. The van der Waals surface area contributed by atoms with E-state index < -0.39 is 69.9 Å². The number of hydrogen-bond acceptors (Lipinski definition) is 2. The number of para-hydroxylation sites is 2. The summed E-state index contributed by atoms with van der Waals surface area (Å²) in [4.78, 5) is 32.2. The van der Waals surface area contributed by atoms with Crippen molar-refractivity contribution in [2.45, 2.75) is 24.7 Å². The number of aromatic nitrogens is 1. The van der Waals surface area contributed by atoms with Gasteiger partial charge in [0.05, 0.1) is 55.8 Å². The fourth-order valence-electron chi connectivity index (χ4n) is 10.0. The number of alkyl halides is 12. The second-order valence-electron chi connectivity index (χ2n) is 18.0. The van der Waals surface area contributed by atoms with Crippen molar-refractivity contribution < 1.29 is 62.3 Å². The molecule has 0 spiro atoms. The summed E-state index contributed by atoms with van der Waals surface area (Å²) in [6, 6.07) is 44.3. The third kappa shape index (κ3) is 8.52. The lowest BCUT2D eigenvalue weighted by Gasteiger charge is -2.24. The van der Waals surface area contributed by atoms with E-state index in [9.17, 15) is 52.7 Å². The lowest BCUT2D eigenvalue weighted by atomic mass is 9.90. The Kier molecular flexibility index (Phi) is 11.6. The molecule has 0 saturated carbocycles. The standard InChI is InChI=1S/C60H32F12N2O2/c61-57(62,63)39-25-37(26-40(31-39)58(64,65)66)43-19-10-21-45-46-22-11-20-44(38-27-41(59(67,68)69)32-42(28-38)60(70,71)72)53(46)73(52(43)45)50-24-12-23-47-51(50)56(76)74(55(47)75)54-48(34-15-6-2-7-16-34)29-36(33-13-4-1-5-14-33)30-49(54)35-17-8-3-9-18-35/h1-32H. The van der Waals surface area contributed by atoms with Gasteiger partial charge in [-0.25, -0.2) is 4.90 Å². The van der Waals surface area contributed by atoms with Crippen molar-refractivity contribution in [2.24, 2.45) is 0 Å². The first-order chi connectivity index (χ1) is 36.1. The second-order valence-corrected chi connectivity index (χ2v) is 18.0. The van der Waals surface area contributed by atoms with Gasteiger partial charge in [-0.2, -0.15) is 52.7 Å². The number of hydrogen-bond donors (Lipinski definition) is 0. The minimum absolute atomic E-state index is 0.0591. The molecule has 16 heteroatoms. The largest absolute Gasteiger partial charge is 0.416 e. The Bertz CT molecular complexity index is 3710. The lowest BCUT2D eigenvalue weighted by Crippen LogP contribution is -2.30. The molecule has 4 nitrogen and oxygen atoms in total. The second kappa shape index (κ2) is 17.9. The van der Waals surface area contributed by atoms with Crippen LogP contribution in [0.15, 0.2) is 194 Å². The van der Waals surface area contributed by atoms with Crippen molar-refractivity contribution in [3.63, 3.8) is 0 Å². The summed E-state index contributed by atoms with van der Waals surface area (Å²) in [7, 11) is 0. The summed E-state index contributed by atoms with van der Waals surface area (Å²) in [5, 5.41) is 0.118. The van der Waals surface area contributed by atoms with Crippen LogP contribution >= 0.6 is 0 Å². The van der Waals surface area contributed by atoms with E-state index in [1.807, 2.05) is 42.5 Å². The number of anilines is 1. The van der Waals surface area contributed by atoms with Crippen molar-refractivity contribution in [1.29, 1.82) is 0 Å². The molecule has 1 aliphatic heterocycles. The molecule has 11 rings (SSSR count). The van der Waals surface area contributed by atoms with Crippen molar-refractivity contribution in [2.75, 3.05) is 4.90 Å². The van der Waals surface area contributed by atoms with Gasteiger partial charge >= 0.3 is 24.7 Å². The number of benzene rings is 9. The number of fused-ring (bicyclic) bond motifs is 4. The maximum absolute atomic E-state index is 15.8. The summed E-state index contributed by atoms with van der Waals surface area (Å²) in [6.07, 6.45) is -21.2. The highest BCUT2D eigenvalue weighted by Gasteiger charge is 2.43. The first-order valence-electron chi connectivity index (χ1n) is 23.1. The monoisotopic (exact) mass is 1040 g/mol. The fraction of sp³-hybridized carbons (Fsp3) is 0.0667. The van der Waals surface area contributed by atoms with Gasteiger partial charge in [0.2, 0.25) is 0 Å². The molecule has 9 aromatic carbocycles. The maximum atomic E-state index is 15.8. The number of amides is 2. The fourth-order valence-corrected chi connectivity index (χ4v) is 10.0. The van der Waals surface area contributed by atoms with Crippen molar-refractivity contribution in [3.05, 3.63) is 228 Å². The van der Waals surface area contributed by atoms with Crippen LogP contribution in [0.4, 0.5) is 58.4 Å². The third-order valence-electron chi connectivity index (χ3n) is 13.4. The summed E-state index contributed by atoms with van der Waals surface area (Å²) >= 11 is 0. The number of halogens is 12. The van der Waals surface area contributed by atoms with Crippen LogP contribution in [-0.4, -0.2) is 16.4 Å².